The van der Waals surface area contributed by atoms with Crippen LogP contribution in [0.25, 0.3) is 0 Å². The van der Waals surface area contributed by atoms with Crippen LogP contribution in [0.4, 0.5) is 0 Å². The van der Waals surface area contributed by atoms with E-state index in [2.05, 4.69) is 20.8 Å². The minimum absolute atomic E-state index is 0.0847. The number of carbonyl (C=O) groups is 2. The Kier molecular flexibility index (Phi) is 6.92. The summed E-state index contributed by atoms with van der Waals surface area (Å²) < 4.78 is 5.73. The number of ether oxygens (including phenoxy) is 1. The maximum absolute atomic E-state index is 12.3. The molecule has 6 heteroatoms. The van der Waals surface area contributed by atoms with E-state index < -0.39 is 24.1 Å². The number of hydrogen-bond acceptors (Lipinski definition) is 5. The number of aliphatic hydroxyl groups excluding tert-OH is 1. The van der Waals surface area contributed by atoms with Crippen molar-refractivity contribution in [3.8, 4) is 0 Å². The number of carbonyl (C=O) groups excluding carboxylic acids is 1. The minimum atomic E-state index is -0.969. The Bertz CT molecular complexity index is 755. The molecule has 4 saturated carbocycles. The van der Waals surface area contributed by atoms with Gasteiger partial charge in [-0.25, -0.2) is 0 Å². The lowest BCUT2D eigenvalue weighted by atomic mass is 9.44. The van der Waals surface area contributed by atoms with Gasteiger partial charge in [0, 0.05) is 6.42 Å². The number of carboxylic acids is 1. The summed E-state index contributed by atoms with van der Waals surface area (Å²) in [6.07, 6.45) is 9.54. The third kappa shape index (κ3) is 4.35. The highest BCUT2D eigenvalue weighted by Crippen LogP contribution is 2.68. The predicted molar refractivity (Wildman–Crippen MR) is 126 cm³/mol. The second-order valence-corrected chi connectivity index (χ2v) is 12.6. The van der Waals surface area contributed by atoms with Crippen molar-refractivity contribution in [3.05, 3.63) is 0 Å². The Balaban J connectivity index is 1.43. The van der Waals surface area contributed by atoms with Crippen LogP contribution in [-0.4, -0.2) is 40.4 Å². The first-order valence-electron chi connectivity index (χ1n) is 13.3. The van der Waals surface area contributed by atoms with Crippen molar-refractivity contribution in [1.82, 2.24) is 0 Å². The van der Waals surface area contributed by atoms with Crippen molar-refractivity contribution in [1.29, 1.82) is 0 Å². The highest BCUT2D eigenvalue weighted by atomic mass is 16.5. The topological polar surface area (TPSA) is 110 Å². The number of aliphatic hydroxyl groups is 1. The molecule has 0 saturated heterocycles. The Morgan fingerprint density at radius 2 is 1.67 bits per heavy atom. The van der Waals surface area contributed by atoms with Gasteiger partial charge in [0.05, 0.1) is 6.10 Å². The van der Waals surface area contributed by atoms with Crippen molar-refractivity contribution in [3.63, 3.8) is 0 Å². The van der Waals surface area contributed by atoms with E-state index in [9.17, 15) is 19.8 Å². The average Bonchev–Trinajstić information content (AvgIpc) is 3.10. The van der Waals surface area contributed by atoms with E-state index in [1.165, 1.54) is 45.4 Å². The third-order valence-corrected chi connectivity index (χ3v) is 10.9. The van der Waals surface area contributed by atoms with Crippen molar-refractivity contribution >= 4 is 11.9 Å². The molecule has 4 aliphatic rings. The summed E-state index contributed by atoms with van der Waals surface area (Å²) in [6, 6.07) is -0.969. The molecule has 6 nitrogen and oxygen atoms in total. The van der Waals surface area contributed by atoms with Crippen LogP contribution in [0.5, 0.6) is 0 Å². The summed E-state index contributed by atoms with van der Waals surface area (Å²) in [5.74, 6) is 2.39. The lowest BCUT2D eigenvalue weighted by Gasteiger charge is -2.61. The summed E-state index contributed by atoms with van der Waals surface area (Å²) in [7, 11) is 0. The first-order chi connectivity index (χ1) is 15.5. The number of carboxylic acid groups (broad SMARTS) is 1. The molecule has 0 radical (unpaired) electrons. The molecule has 0 bridgehead atoms. The molecule has 4 fully saturated rings. The number of aliphatic carboxylic acids is 1. The number of esters is 1. The smallest absolute Gasteiger partial charge is 0.325 e. The van der Waals surface area contributed by atoms with E-state index in [0.29, 0.717) is 23.7 Å². The molecule has 0 heterocycles. The Morgan fingerprint density at radius 3 is 2.33 bits per heavy atom. The van der Waals surface area contributed by atoms with E-state index >= 15 is 0 Å². The molecule has 4 N–H and O–H groups in total. The molecule has 11 atom stereocenters. The van der Waals surface area contributed by atoms with Crippen LogP contribution in [0.1, 0.15) is 91.9 Å². The molecule has 188 valence electrons. The van der Waals surface area contributed by atoms with Crippen LogP contribution in [0.2, 0.25) is 0 Å². The lowest BCUT2D eigenvalue weighted by Crippen LogP contribution is -2.54. The van der Waals surface area contributed by atoms with Gasteiger partial charge >= 0.3 is 11.9 Å². The van der Waals surface area contributed by atoms with Crippen molar-refractivity contribution in [2.24, 2.45) is 52.1 Å². The highest BCUT2D eigenvalue weighted by molar-refractivity contribution is 5.76. The first-order valence-corrected chi connectivity index (χ1v) is 13.3. The summed E-state index contributed by atoms with van der Waals surface area (Å²) in [5, 5.41) is 19.0. The maximum Gasteiger partial charge on any atom is 0.325 e. The van der Waals surface area contributed by atoms with Crippen LogP contribution < -0.4 is 5.73 Å². The minimum Gasteiger partial charge on any atom is -0.481 e. The normalized spacial score (nSPS) is 45.2. The summed E-state index contributed by atoms with van der Waals surface area (Å²) in [6.45, 7) is 8.65. The Labute approximate surface area is 199 Å². The van der Waals surface area contributed by atoms with Crippen LogP contribution in [0.15, 0.2) is 0 Å². The molecule has 0 aromatic carbocycles. The molecule has 33 heavy (non-hydrogen) atoms. The largest absolute Gasteiger partial charge is 0.481 e. The fourth-order valence-electron chi connectivity index (χ4n) is 9.16. The Hall–Kier alpha value is -1.14. The van der Waals surface area contributed by atoms with Crippen LogP contribution >= 0.6 is 0 Å². The zero-order chi connectivity index (χ0) is 24.1. The second kappa shape index (κ2) is 9.14. The second-order valence-electron chi connectivity index (χ2n) is 12.6. The number of fused-ring (bicyclic) bond motifs is 5. The van der Waals surface area contributed by atoms with Gasteiger partial charge in [0.15, 0.2) is 0 Å². The molecule has 4 rings (SSSR count). The van der Waals surface area contributed by atoms with Crippen molar-refractivity contribution < 1.29 is 24.5 Å². The van der Waals surface area contributed by atoms with Gasteiger partial charge in [0.1, 0.15) is 12.1 Å². The monoisotopic (exact) mass is 463 g/mol. The fourth-order valence-corrected chi connectivity index (χ4v) is 9.16. The van der Waals surface area contributed by atoms with Gasteiger partial charge in [0.25, 0.3) is 0 Å². The van der Waals surface area contributed by atoms with Crippen molar-refractivity contribution in [2.45, 2.75) is 110 Å². The van der Waals surface area contributed by atoms with Crippen LogP contribution in [0, 0.1) is 46.3 Å². The SMILES string of the molecule is CC(O)[C@H](N)C(=O)O[C@@H]1CC[C@@]2(C)[C@H](CC[C@@H]3[C@@H]2CC[C@]2(C)C([C@H](C)CC(=O)O)CC[C@@H]32)C1. The molecule has 0 amide bonds. The van der Waals surface area contributed by atoms with Gasteiger partial charge in [-0.2, -0.15) is 0 Å². The van der Waals surface area contributed by atoms with E-state index in [0.717, 1.165) is 37.0 Å². The summed E-state index contributed by atoms with van der Waals surface area (Å²) in [5.41, 5.74) is 6.36. The summed E-state index contributed by atoms with van der Waals surface area (Å²) in [4.78, 5) is 23.7. The number of rotatable bonds is 6. The van der Waals surface area contributed by atoms with Crippen LogP contribution in [-0.2, 0) is 14.3 Å². The molecule has 2 unspecified atom stereocenters. The van der Waals surface area contributed by atoms with Gasteiger partial charge in [-0.3, -0.25) is 9.59 Å². The van der Waals surface area contributed by atoms with E-state index in [1.807, 2.05) is 0 Å². The average molecular weight is 464 g/mol. The zero-order valence-corrected chi connectivity index (χ0v) is 21.0. The van der Waals surface area contributed by atoms with Gasteiger partial charge in [-0.1, -0.05) is 20.8 Å². The first kappa shape index (κ1) is 25.0. The molecule has 0 spiro atoms. The van der Waals surface area contributed by atoms with E-state index in [4.69, 9.17) is 10.5 Å². The quantitative estimate of drug-likeness (QED) is 0.504. The van der Waals surface area contributed by atoms with Gasteiger partial charge in [-0.15, -0.1) is 0 Å². The third-order valence-electron chi connectivity index (χ3n) is 10.9. The standard InChI is InChI=1S/C27H45NO5/c1-15(13-23(30)31)20-7-8-21-19-6-5-17-14-18(33-25(32)24(28)16(2)29)9-11-26(17,3)22(19)10-12-27(20,21)4/h15-22,24,29H,5-14,28H2,1-4H3,(H,30,31)/t15-,16?,17-,18-,19+,20?,21+,22+,24+,26+,27-/m1/s1. The summed E-state index contributed by atoms with van der Waals surface area (Å²) >= 11 is 0. The molecule has 0 aliphatic heterocycles. The number of nitrogens with two attached hydrogens (primary N) is 1. The predicted octanol–water partition coefficient (Wildman–Crippen LogP) is 4.38. The Morgan fingerprint density at radius 1 is 1.00 bits per heavy atom. The highest BCUT2D eigenvalue weighted by Gasteiger charge is 2.60. The fraction of sp³-hybridized carbons (Fsp3) is 0.926. The lowest BCUT2D eigenvalue weighted by molar-refractivity contribution is -0.166. The van der Waals surface area contributed by atoms with Gasteiger partial charge < -0.3 is 20.7 Å². The van der Waals surface area contributed by atoms with E-state index in [1.54, 1.807) is 0 Å². The van der Waals surface area contributed by atoms with Gasteiger partial charge in [-0.05, 0) is 111 Å². The van der Waals surface area contributed by atoms with E-state index in [-0.39, 0.29) is 17.4 Å². The molecular formula is C27H45NO5. The van der Waals surface area contributed by atoms with Gasteiger partial charge in [0.2, 0.25) is 0 Å². The molecule has 0 aromatic rings. The molecule has 0 aromatic heterocycles. The molecular weight excluding hydrogens is 418 g/mol. The molecule has 4 aliphatic carbocycles. The number of hydrogen-bond donors (Lipinski definition) is 3. The van der Waals surface area contributed by atoms with Crippen molar-refractivity contribution in [2.75, 3.05) is 0 Å². The van der Waals surface area contributed by atoms with Crippen LogP contribution in [0.3, 0.4) is 0 Å². The zero-order valence-electron chi connectivity index (χ0n) is 21.0. The maximum atomic E-state index is 12.3.